The van der Waals surface area contributed by atoms with Gasteiger partial charge in [0.15, 0.2) is 5.78 Å². The van der Waals surface area contributed by atoms with Crippen LogP contribution < -0.4 is 16.0 Å². The number of carbonyl (C=O) groups is 5. The van der Waals surface area contributed by atoms with Crippen LogP contribution in [0, 0.1) is 0 Å². The Morgan fingerprint density at radius 2 is 1.41 bits per heavy atom. The van der Waals surface area contributed by atoms with Gasteiger partial charge in [0, 0.05) is 39.0 Å². The van der Waals surface area contributed by atoms with Crippen LogP contribution in [0.5, 0.6) is 0 Å². The Bertz CT molecular complexity index is 1360. The van der Waals surface area contributed by atoms with Crippen LogP contribution in [0.3, 0.4) is 0 Å². The summed E-state index contributed by atoms with van der Waals surface area (Å²) < 4.78 is 26.6. The molecule has 3 N–H and O–H groups in total. The maximum absolute atomic E-state index is 12.9. The molecule has 3 rings (SSSR count). The fourth-order valence-electron chi connectivity index (χ4n) is 5.21. The van der Waals surface area contributed by atoms with Gasteiger partial charge in [0.05, 0.1) is 19.8 Å². The molecule has 0 aromatic heterocycles. The Hall–Kier alpha value is -4.33. The highest BCUT2D eigenvalue weighted by molar-refractivity contribution is 5.84. The summed E-state index contributed by atoms with van der Waals surface area (Å²) >= 11 is 0. The van der Waals surface area contributed by atoms with E-state index >= 15 is 0 Å². The van der Waals surface area contributed by atoms with Gasteiger partial charge in [-0.2, -0.15) is 0 Å². The molecule has 0 radical (unpaired) electrons. The molecule has 0 spiro atoms. The van der Waals surface area contributed by atoms with Crippen LogP contribution in [0.2, 0.25) is 0 Å². The number of benzene rings is 2. The van der Waals surface area contributed by atoms with Crippen LogP contribution in [0.4, 0.5) is 4.79 Å². The predicted octanol–water partition coefficient (Wildman–Crippen LogP) is 3.28. The molecule has 0 saturated heterocycles. The number of hydrogen-bond donors (Lipinski definition) is 3. The zero-order chi connectivity index (χ0) is 35.6. The lowest BCUT2D eigenvalue weighted by Crippen LogP contribution is -2.45. The average Bonchev–Trinajstić information content (AvgIpc) is 3.38. The van der Waals surface area contributed by atoms with Gasteiger partial charge in [0.25, 0.3) is 0 Å². The van der Waals surface area contributed by atoms with Crippen LogP contribution >= 0.6 is 0 Å². The van der Waals surface area contributed by atoms with E-state index in [9.17, 15) is 24.0 Å². The van der Waals surface area contributed by atoms with E-state index in [-0.39, 0.29) is 82.5 Å². The summed E-state index contributed by atoms with van der Waals surface area (Å²) in [6.07, 6.45) is 0.0412. The Kier molecular flexibility index (Phi) is 16.2. The monoisotopic (exact) mass is 683 g/mol. The van der Waals surface area contributed by atoms with Gasteiger partial charge in [-0.3, -0.25) is 14.4 Å². The summed E-state index contributed by atoms with van der Waals surface area (Å²) in [7, 11) is 1.46. The number of ketones is 1. The molecule has 2 aromatic carbocycles. The molecule has 49 heavy (non-hydrogen) atoms. The van der Waals surface area contributed by atoms with E-state index in [0.717, 1.165) is 22.3 Å². The Labute approximate surface area is 287 Å². The number of rotatable bonds is 21. The summed E-state index contributed by atoms with van der Waals surface area (Å²) in [6, 6.07) is 14.9. The molecule has 0 aliphatic heterocycles. The van der Waals surface area contributed by atoms with E-state index in [1.54, 1.807) is 20.8 Å². The highest BCUT2D eigenvalue weighted by Crippen LogP contribution is 2.44. The molecule has 13 heteroatoms. The minimum absolute atomic E-state index is 0.00513. The molecule has 1 atom stereocenters. The lowest BCUT2D eigenvalue weighted by Gasteiger charge is -2.24. The van der Waals surface area contributed by atoms with Crippen LogP contribution in [-0.2, 0) is 42.9 Å². The standard InChI is InChI=1S/C36H49N3O10/c1-36(2,3)49-34(43)31(39-35(44)48-23-30-28-13-7-5-11-26(28)27-12-6-8-14-29(27)30)15-16-32(41)38-18-19-46-20-21-47-24-33(42)37-17-9-10-25(40)22-45-4/h5-8,11-14,30-31H,9-10,15-24H2,1-4H3,(H,37,42)(H,38,41)(H,39,44)/t31-/m0/s1. The minimum atomic E-state index is -1.09. The fourth-order valence-corrected chi connectivity index (χ4v) is 5.21. The first-order chi connectivity index (χ1) is 23.5. The molecular weight excluding hydrogens is 634 g/mol. The van der Waals surface area contributed by atoms with E-state index in [1.807, 2.05) is 48.5 Å². The summed E-state index contributed by atoms with van der Waals surface area (Å²) in [5, 5.41) is 7.98. The fraction of sp³-hybridized carbons (Fsp3) is 0.528. The number of methoxy groups -OCH3 is 1. The number of Topliss-reactive ketones (excluding diaryl/α,β-unsaturated/α-hetero) is 1. The van der Waals surface area contributed by atoms with Gasteiger partial charge in [-0.15, -0.1) is 0 Å². The maximum Gasteiger partial charge on any atom is 0.407 e. The molecule has 0 fully saturated rings. The zero-order valence-electron chi connectivity index (χ0n) is 28.8. The van der Waals surface area contributed by atoms with Crippen molar-refractivity contribution >= 4 is 29.7 Å². The predicted molar refractivity (Wildman–Crippen MR) is 181 cm³/mol. The molecule has 0 bridgehead atoms. The van der Waals surface area contributed by atoms with Crippen LogP contribution in [-0.4, -0.2) is 101 Å². The number of fused-ring (bicyclic) bond motifs is 3. The van der Waals surface area contributed by atoms with Gasteiger partial charge in [-0.1, -0.05) is 48.5 Å². The average molecular weight is 684 g/mol. The third-order valence-electron chi connectivity index (χ3n) is 7.42. The quantitative estimate of drug-likeness (QED) is 0.131. The summed E-state index contributed by atoms with van der Waals surface area (Å²) in [5.41, 5.74) is 3.54. The van der Waals surface area contributed by atoms with Crippen molar-refractivity contribution in [1.82, 2.24) is 16.0 Å². The number of nitrogens with one attached hydrogen (secondary N) is 3. The zero-order valence-corrected chi connectivity index (χ0v) is 28.8. The molecule has 1 aliphatic carbocycles. The van der Waals surface area contributed by atoms with Crippen molar-refractivity contribution < 1.29 is 47.7 Å². The van der Waals surface area contributed by atoms with Crippen molar-refractivity contribution in [3.8, 4) is 11.1 Å². The van der Waals surface area contributed by atoms with E-state index in [0.29, 0.717) is 19.4 Å². The van der Waals surface area contributed by atoms with Crippen molar-refractivity contribution in [2.75, 3.05) is 59.8 Å². The van der Waals surface area contributed by atoms with Crippen LogP contribution in [0.25, 0.3) is 11.1 Å². The highest BCUT2D eigenvalue weighted by Gasteiger charge is 2.31. The van der Waals surface area contributed by atoms with Gasteiger partial charge >= 0.3 is 12.1 Å². The number of alkyl carbamates (subject to hydrolysis) is 1. The Morgan fingerprint density at radius 3 is 2.06 bits per heavy atom. The van der Waals surface area contributed by atoms with E-state index in [1.165, 1.54) is 7.11 Å². The second-order valence-corrected chi connectivity index (χ2v) is 12.5. The Balaban J connectivity index is 1.34. The first kappa shape index (κ1) is 39.1. The normalized spacial score (nSPS) is 12.7. The summed E-state index contributed by atoms with van der Waals surface area (Å²) in [4.78, 5) is 61.5. The van der Waals surface area contributed by atoms with E-state index in [4.69, 9.17) is 23.7 Å². The number of hydrogen-bond acceptors (Lipinski definition) is 10. The number of carbonyl (C=O) groups excluding carboxylic acids is 5. The second kappa shape index (κ2) is 20.2. The minimum Gasteiger partial charge on any atom is -0.458 e. The third-order valence-corrected chi connectivity index (χ3v) is 7.42. The van der Waals surface area contributed by atoms with Crippen molar-refractivity contribution in [2.24, 2.45) is 0 Å². The molecule has 2 aromatic rings. The lowest BCUT2D eigenvalue weighted by molar-refractivity contribution is -0.157. The van der Waals surface area contributed by atoms with E-state index in [2.05, 4.69) is 16.0 Å². The molecule has 1 aliphatic rings. The largest absolute Gasteiger partial charge is 0.458 e. The smallest absolute Gasteiger partial charge is 0.407 e. The molecular formula is C36H49N3O10. The van der Waals surface area contributed by atoms with Crippen molar-refractivity contribution in [2.45, 2.75) is 64.0 Å². The number of esters is 1. The van der Waals surface area contributed by atoms with Crippen LogP contribution in [0.15, 0.2) is 48.5 Å². The maximum atomic E-state index is 12.9. The van der Waals surface area contributed by atoms with Crippen LogP contribution in [0.1, 0.15) is 63.5 Å². The van der Waals surface area contributed by atoms with Crippen molar-refractivity contribution in [3.63, 3.8) is 0 Å². The summed E-state index contributed by atoms with van der Waals surface area (Å²) in [6.45, 7) is 6.40. The molecule has 0 unspecified atom stereocenters. The van der Waals surface area contributed by atoms with Crippen molar-refractivity contribution in [3.05, 3.63) is 59.7 Å². The van der Waals surface area contributed by atoms with Gasteiger partial charge in [-0.25, -0.2) is 9.59 Å². The third kappa shape index (κ3) is 14.0. The number of amides is 3. The molecule has 3 amide bonds. The van der Waals surface area contributed by atoms with Crippen molar-refractivity contribution in [1.29, 1.82) is 0 Å². The van der Waals surface area contributed by atoms with Gasteiger partial charge < -0.3 is 39.6 Å². The van der Waals surface area contributed by atoms with Gasteiger partial charge in [0.2, 0.25) is 11.8 Å². The summed E-state index contributed by atoms with van der Waals surface area (Å²) in [5.74, 6) is -1.44. The molecule has 0 heterocycles. The number of ether oxygens (including phenoxy) is 5. The Morgan fingerprint density at radius 1 is 0.776 bits per heavy atom. The molecule has 13 nitrogen and oxygen atoms in total. The van der Waals surface area contributed by atoms with Gasteiger partial charge in [-0.05, 0) is 55.9 Å². The molecule has 268 valence electrons. The first-order valence-corrected chi connectivity index (χ1v) is 16.5. The van der Waals surface area contributed by atoms with E-state index < -0.39 is 23.7 Å². The SMILES string of the molecule is COCC(=O)CCCNC(=O)COCCOCCNC(=O)CC[C@H](NC(=O)OCC1c2ccccc2-c2ccccc21)C(=O)OC(C)(C)C. The topological polar surface area (TPSA) is 168 Å². The first-order valence-electron chi connectivity index (χ1n) is 16.5. The lowest BCUT2D eigenvalue weighted by atomic mass is 9.98. The molecule has 0 saturated carbocycles. The second-order valence-electron chi connectivity index (χ2n) is 12.5. The highest BCUT2D eigenvalue weighted by atomic mass is 16.6. The van der Waals surface area contributed by atoms with Gasteiger partial charge in [0.1, 0.15) is 31.5 Å².